The van der Waals surface area contributed by atoms with Crippen LogP contribution in [0.5, 0.6) is 0 Å². The van der Waals surface area contributed by atoms with Crippen LogP contribution in [0.4, 0.5) is 0 Å². The Morgan fingerprint density at radius 3 is 1.00 bits per heavy atom. The number of fused-ring (bicyclic) bond motifs is 6. The minimum atomic E-state index is 0. The summed E-state index contributed by atoms with van der Waals surface area (Å²) < 4.78 is 0. The molecule has 0 atom stereocenters. The largest absolute Gasteiger partial charge is 2.00 e. The molecule has 4 aliphatic rings. The molecule has 0 fully saturated rings. The summed E-state index contributed by atoms with van der Waals surface area (Å²) in [7, 11) is 0. The van der Waals surface area contributed by atoms with Crippen LogP contribution in [0.15, 0.2) is 97.1 Å². The fourth-order valence-electron chi connectivity index (χ4n) is 6.65. The first kappa shape index (κ1) is 52.2. The van der Waals surface area contributed by atoms with Gasteiger partial charge in [-0.05, 0) is 34.8 Å². The third-order valence-corrected chi connectivity index (χ3v) is 10.2. The molecule has 292 valence electrons. The van der Waals surface area contributed by atoms with Gasteiger partial charge in [-0.25, -0.2) is 24.3 Å². The monoisotopic (exact) mass is 934 g/mol. The Kier molecular flexibility index (Phi) is 20.0. The molecule has 0 saturated carbocycles. The first-order chi connectivity index (χ1) is 24.3. The van der Waals surface area contributed by atoms with Crippen LogP contribution in [0.2, 0.25) is 0 Å². The van der Waals surface area contributed by atoms with Crippen molar-refractivity contribution in [1.82, 2.24) is 0 Å². The number of rotatable bonds is 0. The Morgan fingerprint density at radius 2 is 0.750 bits per heavy atom. The van der Waals surface area contributed by atoms with E-state index in [4.69, 9.17) is 0 Å². The number of hydrogen-bond acceptors (Lipinski definition) is 0. The van der Waals surface area contributed by atoms with Gasteiger partial charge in [-0.2, -0.15) is 70.8 Å². The number of hydrogen-bond donors (Lipinski definition) is 0. The van der Waals surface area contributed by atoms with E-state index in [0.29, 0.717) is 0 Å². The molecule has 0 nitrogen and oxygen atoms in total. The smallest absolute Gasteiger partial charge is 1.00 e. The van der Waals surface area contributed by atoms with Crippen LogP contribution in [0.3, 0.4) is 0 Å². The topological polar surface area (TPSA) is 0 Å². The van der Waals surface area contributed by atoms with Gasteiger partial charge in [0.15, 0.2) is 0 Å². The fourth-order valence-corrected chi connectivity index (χ4v) is 6.65. The van der Waals surface area contributed by atoms with Crippen LogP contribution < -0.4 is 24.8 Å². The SMILES string of the molecule is CC(C)(C)c1c[c-]c2c(c1)-c1cc(C(C)(C)C)ccc1C2.CC(C)(C)c1c[c-]c2c(c1)-c1cc(C(C)(C)C)ccc1C2.[C-]1=CC=CC1.[C-]1=CC=CC1.[Cl-].[Cl-].[Zr+2].[Zr+2]. The number of benzene rings is 4. The molecule has 0 amide bonds. The second-order valence-electron chi connectivity index (χ2n) is 18.7. The van der Waals surface area contributed by atoms with E-state index in [2.05, 4.69) is 180 Å². The van der Waals surface area contributed by atoms with Crippen molar-refractivity contribution in [3.8, 4) is 22.3 Å². The second-order valence-corrected chi connectivity index (χ2v) is 18.7. The van der Waals surface area contributed by atoms with Crippen LogP contribution in [-0.4, -0.2) is 0 Å². The average molecular weight is 938 g/mol. The van der Waals surface area contributed by atoms with Gasteiger partial charge in [-0.1, -0.05) is 153 Å². The van der Waals surface area contributed by atoms with Crippen molar-refractivity contribution in [3.05, 3.63) is 166 Å². The van der Waals surface area contributed by atoms with Gasteiger partial charge < -0.3 is 24.8 Å². The van der Waals surface area contributed by atoms with Gasteiger partial charge >= 0.3 is 52.4 Å². The molecule has 56 heavy (non-hydrogen) atoms. The van der Waals surface area contributed by atoms with Gasteiger partial charge in [0.25, 0.3) is 0 Å². The van der Waals surface area contributed by atoms with E-state index < -0.39 is 0 Å². The van der Waals surface area contributed by atoms with E-state index in [1.54, 1.807) is 0 Å². The van der Waals surface area contributed by atoms with Crippen molar-refractivity contribution in [2.75, 3.05) is 0 Å². The fraction of sp³-hybridized carbons (Fsp3) is 0.385. The summed E-state index contributed by atoms with van der Waals surface area (Å²) in [4.78, 5) is 0. The molecule has 0 aromatic heterocycles. The number of halogens is 2. The van der Waals surface area contributed by atoms with Crippen LogP contribution in [-0.2, 0) is 86.9 Å². The Hall–Kier alpha value is -1.81. The molecule has 4 aromatic carbocycles. The molecule has 0 unspecified atom stereocenters. The van der Waals surface area contributed by atoms with E-state index in [1.807, 2.05) is 24.3 Å². The predicted molar refractivity (Wildman–Crippen MR) is 225 cm³/mol. The molecule has 0 saturated heterocycles. The number of allylic oxidation sites excluding steroid dienone is 8. The van der Waals surface area contributed by atoms with Crippen molar-refractivity contribution in [1.29, 1.82) is 0 Å². The first-order valence-corrected chi connectivity index (χ1v) is 19.1. The molecule has 0 spiro atoms. The molecule has 4 aromatic rings. The second kappa shape index (κ2) is 21.4. The maximum Gasteiger partial charge on any atom is 2.00 e. The molecule has 0 radical (unpaired) electrons. The minimum Gasteiger partial charge on any atom is -1.00 e. The van der Waals surface area contributed by atoms with Crippen LogP contribution in [0.25, 0.3) is 22.3 Å². The summed E-state index contributed by atoms with van der Waals surface area (Å²) in [5.41, 5.74) is 17.5. The summed E-state index contributed by atoms with van der Waals surface area (Å²) in [6, 6.07) is 30.1. The first-order valence-electron chi connectivity index (χ1n) is 19.1. The summed E-state index contributed by atoms with van der Waals surface area (Å²) in [6.07, 6.45) is 22.1. The molecule has 4 aliphatic carbocycles. The van der Waals surface area contributed by atoms with Crippen molar-refractivity contribution in [2.24, 2.45) is 0 Å². The van der Waals surface area contributed by atoms with Gasteiger partial charge in [0.1, 0.15) is 0 Å². The zero-order chi connectivity index (χ0) is 37.9. The zero-order valence-corrected chi connectivity index (χ0v) is 42.2. The Bertz CT molecular complexity index is 1730. The average Bonchev–Trinajstić information content (AvgIpc) is 3.90. The maximum atomic E-state index is 3.53. The summed E-state index contributed by atoms with van der Waals surface area (Å²) >= 11 is 0. The summed E-state index contributed by atoms with van der Waals surface area (Å²) in [5.74, 6) is 0. The van der Waals surface area contributed by atoms with Crippen LogP contribution in [0.1, 0.15) is 140 Å². The third kappa shape index (κ3) is 13.6. The molecule has 0 aliphatic heterocycles. The van der Waals surface area contributed by atoms with E-state index in [-0.39, 0.29) is 98.9 Å². The van der Waals surface area contributed by atoms with Gasteiger partial charge in [-0.15, -0.1) is 24.0 Å². The standard InChI is InChI=1S/2C21H25.2C5H5.2ClH.2Zr/c2*1-20(2,3)16-9-7-14-11-15-8-10-17(21(4,5)6)13-19(15)18(14)12-16;2*1-2-4-5-3-1;;;;/h2*7,9-10,12-13H,11H2,1-6H3;2*1-3H,4H2;2*1H;;/q4*-1;;;2*+2/p-2. The molecular formula is C52H60Cl2Zr2-2. The predicted octanol–water partition coefficient (Wildman–Crippen LogP) is 7.92. The third-order valence-electron chi connectivity index (χ3n) is 10.2. The molecule has 8 rings (SSSR count). The summed E-state index contributed by atoms with van der Waals surface area (Å²) in [6.45, 7) is 27.3. The van der Waals surface area contributed by atoms with Gasteiger partial charge in [0, 0.05) is 0 Å². The Morgan fingerprint density at radius 1 is 0.429 bits per heavy atom. The zero-order valence-electron chi connectivity index (χ0n) is 35.8. The van der Waals surface area contributed by atoms with Crippen LogP contribution in [0, 0.1) is 24.3 Å². The maximum absolute atomic E-state index is 3.53. The molecule has 0 N–H and O–H groups in total. The normalized spacial score (nSPS) is 13.6. The van der Waals surface area contributed by atoms with Crippen molar-refractivity contribution in [2.45, 2.75) is 130 Å². The van der Waals surface area contributed by atoms with Gasteiger partial charge in [0.05, 0.1) is 0 Å². The Labute approximate surface area is 392 Å². The molecule has 0 heterocycles. The van der Waals surface area contributed by atoms with Crippen molar-refractivity contribution in [3.63, 3.8) is 0 Å². The van der Waals surface area contributed by atoms with E-state index >= 15 is 0 Å². The van der Waals surface area contributed by atoms with E-state index in [1.165, 1.54) is 66.8 Å². The molecule has 0 bridgehead atoms. The Balaban J connectivity index is 0.000000423. The molecular weight excluding hydrogens is 878 g/mol. The van der Waals surface area contributed by atoms with Gasteiger partial charge in [-0.3, -0.25) is 12.2 Å². The summed E-state index contributed by atoms with van der Waals surface area (Å²) in [5, 5.41) is 0. The van der Waals surface area contributed by atoms with E-state index in [0.717, 1.165) is 25.7 Å². The van der Waals surface area contributed by atoms with Gasteiger partial charge in [0.2, 0.25) is 0 Å². The van der Waals surface area contributed by atoms with Crippen molar-refractivity contribution < 1.29 is 77.2 Å². The quantitative estimate of drug-likeness (QED) is 0.136. The van der Waals surface area contributed by atoms with E-state index in [9.17, 15) is 0 Å². The van der Waals surface area contributed by atoms with Crippen molar-refractivity contribution >= 4 is 0 Å². The minimum absolute atomic E-state index is 0. The molecule has 4 heteroatoms. The van der Waals surface area contributed by atoms with Crippen LogP contribution >= 0.6 is 0 Å².